The highest BCUT2D eigenvalue weighted by atomic mass is 32.2. The molecule has 1 N–H and O–H groups in total. The quantitative estimate of drug-likeness (QED) is 0.226. The van der Waals surface area contributed by atoms with Crippen molar-refractivity contribution in [3.8, 4) is 11.4 Å². The number of carbonyl (C=O) groups is 3. The summed E-state index contributed by atoms with van der Waals surface area (Å²) < 4.78 is 11.5. The van der Waals surface area contributed by atoms with Crippen molar-refractivity contribution < 1.29 is 23.9 Å². The Balaban J connectivity index is 1.80. The van der Waals surface area contributed by atoms with Gasteiger partial charge in [-0.2, -0.15) is 0 Å². The molecule has 3 aromatic rings. The van der Waals surface area contributed by atoms with Crippen LogP contribution in [0.2, 0.25) is 0 Å². The largest absolute Gasteiger partial charge is 0.465 e. The van der Waals surface area contributed by atoms with E-state index in [0.29, 0.717) is 23.1 Å². The molecule has 11 heteroatoms. The molecule has 0 aliphatic carbocycles. The van der Waals surface area contributed by atoms with Crippen LogP contribution in [0.25, 0.3) is 11.4 Å². The van der Waals surface area contributed by atoms with E-state index in [1.54, 1.807) is 13.0 Å². The van der Waals surface area contributed by atoms with Crippen molar-refractivity contribution >= 4 is 45.9 Å². The van der Waals surface area contributed by atoms with Gasteiger partial charge < -0.3 is 14.8 Å². The summed E-state index contributed by atoms with van der Waals surface area (Å²) in [5.41, 5.74) is 2.67. The molecular weight excluding hydrogens is 512 g/mol. The van der Waals surface area contributed by atoms with Crippen molar-refractivity contribution in [1.29, 1.82) is 0 Å². The summed E-state index contributed by atoms with van der Waals surface area (Å²) in [5, 5.41) is 12.1. The SMILES string of the molecule is C=CCn1c(SCC(=O)Nc2sc(C(=O)OC)c(C)c2C(=O)OC)nnc1-c1ccc(C(C)(C)C)cc1. The number of esters is 2. The van der Waals surface area contributed by atoms with Gasteiger partial charge in [0, 0.05) is 12.1 Å². The van der Waals surface area contributed by atoms with Gasteiger partial charge in [0.1, 0.15) is 9.88 Å². The average Bonchev–Trinajstić information content (AvgIpc) is 3.41. The molecular formula is C26H30N4O5S2. The number of hydrogen-bond donors (Lipinski definition) is 1. The molecule has 0 bridgehead atoms. The molecule has 2 heterocycles. The van der Waals surface area contributed by atoms with E-state index < -0.39 is 11.9 Å². The van der Waals surface area contributed by atoms with Crippen LogP contribution in [0.3, 0.4) is 0 Å². The molecule has 0 aliphatic heterocycles. The lowest BCUT2D eigenvalue weighted by atomic mass is 9.87. The number of methoxy groups -OCH3 is 2. The third kappa shape index (κ3) is 6.28. The van der Waals surface area contributed by atoms with E-state index in [0.717, 1.165) is 16.9 Å². The van der Waals surface area contributed by atoms with Gasteiger partial charge in [0.15, 0.2) is 11.0 Å². The summed E-state index contributed by atoms with van der Waals surface area (Å²) in [6.07, 6.45) is 1.74. The van der Waals surface area contributed by atoms with E-state index in [1.165, 1.54) is 31.5 Å². The second-order valence-corrected chi connectivity index (χ2v) is 11.1. The Bertz CT molecular complexity index is 1320. The van der Waals surface area contributed by atoms with Crippen LogP contribution < -0.4 is 5.32 Å². The number of thiophene rings is 1. The fourth-order valence-electron chi connectivity index (χ4n) is 3.55. The number of benzene rings is 1. The second-order valence-electron chi connectivity index (χ2n) is 9.11. The average molecular weight is 543 g/mol. The zero-order valence-electron chi connectivity index (χ0n) is 21.7. The van der Waals surface area contributed by atoms with Gasteiger partial charge in [-0.3, -0.25) is 9.36 Å². The normalized spacial score (nSPS) is 11.2. The summed E-state index contributed by atoms with van der Waals surface area (Å²) in [4.78, 5) is 37.4. The smallest absolute Gasteiger partial charge is 0.348 e. The Labute approximate surface area is 224 Å². The third-order valence-corrected chi connectivity index (χ3v) is 7.68. The lowest BCUT2D eigenvalue weighted by Gasteiger charge is -2.19. The van der Waals surface area contributed by atoms with E-state index in [-0.39, 0.29) is 32.5 Å². The van der Waals surface area contributed by atoms with Crippen LogP contribution in [0, 0.1) is 6.92 Å². The minimum atomic E-state index is -0.653. The summed E-state index contributed by atoms with van der Waals surface area (Å²) in [5.74, 6) is -0.948. The van der Waals surface area contributed by atoms with E-state index in [9.17, 15) is 14.4 Å². The van der Waals surface area contributed by atoms with Gasteiger partial charge in [-0.1, -0.05) is 62.9 Å². The van der Waals surface area contributed by atoms with Crippen LogP contribution in [-0.4, -0.2) is 52.6 Å². The summed E-state index contributed by atoms with van der Waals surface area (Å²) >= 11 is 2.17. The second kappa shape index (κ2) is 11.7. The van der Waals surface area contributed by atoms with Gasteiger partial charge in [0.25, 0.3) is 0 Å². The summed E-state index contributed by atoms with van der Waals surface area (Å²) in [6, 6.07) is 8.18. The summed E-state index contributed by atoms with van der Waals surface area (Å²) in [6.45, 7) is 12.4. The van der Waals surface area contributed by atoms with E-state index in [1.807, 2.05) is 16.7 Å². The Hall–Kier alpha value is -3.44. The number of hydrogen-bond acceptors (Lipinski definition) is 9. The lowest BCUT2D eigenvalue weighted by molar-refractivity contribution is -0.113. The number of carbonyl (C=O) groups excluding carboxylic acids is 3. The van der Waals surface area contributed by atoms with E-state index in [2.05, 4.69) is 55.0 Å². The molecule has 196 valence electrons. The van der Waals surface area contributed by atoms with Gasteiger partial charge in [-0.25, -0.2) is 9.59 Å². The lowest BCUT2D eigenvalue weighted by Crippen LogP contribution is -2.16. The number of anilines is 1. The van der Waals surface area contributed by atoms with Crippen molar-refractivity contribution in [1.82, 2.24) is 14.8 Å². The molecule has 3 rings (SSSR count). The van der Waals surface area contributed by atoms with Gasteiger partial charge >= 0.3 is 11.9 Å². The van der Waals surface area contributed by atoms with Crippen molar-refractivity contribution in [3.05, 3.63) is 58.5 Å². The topological polar surface area (TPSA) is 112 Å². The Kier molecular flexibility index (Phi) is 8.93. The molecule has 0 saturated carbocycles. The van der Waals surface area contributed by atoms with Crippen LogP contribution in [0.4, 0.5) is 5.00 Å². The van der Waals surface area contributed by atoms with Crippen LogP contribution in [0.1, 0.15) is 51.9 Å². The first kappa shape index (κ1) is 28.1. The predicted octanol–water partition coefficient (Wildman–Crippen LogP) is 5.10. The van der Waals surface area contributed by atoms with E-state index >= 15 is 0 Å². The molecule has 37 heavy (non-hydrogen) atoms. The maximum atomic E-state index is 12.8. The molecule has 0 atom stereocenters. The number of aromatic nitrogens is 3. The molecule has 0 unspecified atom stereocenters. The Morgan fingerprint density at radius 3 is 2.32 bits per heavy atom. The number of amides is 1. The predicted molar refractivity (Wildman–Crippen MR) is 145 cm³/mol. The highest BCUT2D eigenvalue weighted by molar-refractivity contribution is 7.99. The number of nitrogens with zero attached hydrogens (tertiary/aromatic N) is 3. The monoisotopic (exact) mass is 542 g/mol. The Morgan fingerprint density at radius 2 is 1.76 bits per heavy atom. The third-order valence-electron chi connectivity index (χ3n) is 5.53. The molecule has 0 aliphatic rings. The van der Waals surface area contributed by atoms with E-state index in [4.69, 9.17) is 9.47 Å². The molecule has 9 nitrogen and oxygen atoms in total. The maximum absolute atomic E-state index is 12.8. The molecule has 0 radical (unpaired) electrons. The first-order valence-electron chi connectivity index (χ1n) is 11.4. The molecule has 1 amide bonds. The van der Waals surface area contributed by atoms with Crippen LogP contribution in [-0.2, 0) is 26.2 Å². The van der Waals surface area contributed by atoms with Crippen LogP contribution in [0.5, 0.6) is 0 Å². The highest BCUT2D eigenvalue weighted by Gasteiger charge is 2.27. The molecule has 0 fully saturated rings. The first-order valence-corrected chi connectivity index (χ1v) is 13.2. The van der Waals surface area contributed by atoms with Crippen LogP contribution in [0.15, 0.2) is 42.1 Å². The van der Waals surface area contributed by atoms with Crippen LogP contribution >= 0.6 is 23.1 Å². The highest BCUT2D eigenvalue weighted by Crippen LogP contribution is 2.34. The number of rotatable bonds is 9. The molecule has 0 saturated heterocycles. The molecule has 2 aromatic heterocycles. The maximum Gasteiger partial charge on any atom is 0.348 e. The van der Waals surface area contributed by atoms with Crippen molar-refractivity contribution in [2.75, 3.05) is 25.3 Å². The van der Waals surface area contributed by atoms with Gasteiger partial charge in [0.2, 0.25) is 5.91 Å². The van der Waals surface area contributed by atoms with Gasteiger partial charge in [-0.05, 0) is 23.5 Å². The molecule has 0 spiro atoms. The fourth-order valence-corrected chi connectivity index (χ4v) is 5.43. The number of allylic oxidation sites excluding steroid dienone is 1. The minimum Gasteiger partial charge on any atom is -0.465 e. The van der Waals surface area contributed by atoms with Gasteiger partial charge in [-0.15, -0.1) is 28.1 Å². The summed E-state index contributed by atoms with van der Waals surface area (Å²) in [7, 11) is 2.49. The van der Waals surface area contributed by atoms with Crippen molar-refractivity contribution in [2.45, 2.75) is 44.8 Å². The standard InChI is InChI=1S/C26H30N4O5S2/c1-8-13-30-21(16-9-11-17(12-10-16)26(3,4)5)28-29-25(30)36-14-18(31)27-22-19(23(32)34-6)15(2)20(37-22)24(33)35-7/h8-12H,1,13-14H2,2-7H3,(H,27,31). The molecule has 1 aromatic carbocycles. The van der Waals surface area contributed by atoms with Crippen molar-refractivity contribution in [3.63, 3.8) is 0 Å². The number of ether oxygens (including phenoxy) is 2. The zero-order valence-corrected chi connectivity index (χ0v) is 23.3. The fraction of sp³-hybridized carbons (Fsp3) is 0.346. The Morgan fingerprint density at radius 1 is 1.11 bits per heavy atom. The number of thioether (sulfide) groups is 1. The van der Waals surface area contributed by atoms with Gasteiger partial charge in [0.05, 0.1) is 25.5 Å². The number of nitrogens with one attached hydrogen (secondary N) is 1. The first-order chi connectivity index (χ1) is 17.5. The van der Waals surface area contributed by atoms with Crippen molar-refractivity contribution in [2.24, 2.45) is 0 Å². The zero-order chi connectivity index (χ0) is 27.3. The minimum absolute atomic E-state index is 0.00333.